The summed E-state index contributed by atoms with van der Waals surface area (Å²) < 4.78 is 0. The van der Waals surface area contributed by atoms with E-state index in [1.54, 1.807) is 0 Å². The topological polar surface area (TPSA) is 38.3 Å². The molecule has 0 aliphatic heterocycles. The number of carbonyl (C=O) groups is 1. The number of hydrogen-bond acceptors (Lipinski definition) is 2. The van der Waals surface area contributed by atoms with Crippen molar-refractivity contribution >= 4 is 5.91 Å². The van der Waals surface area contributed by atoms with E-state index in [4.69, 9.17) is 0 Å². The molecule has 3 nitrogen and oxygen atoms in total. The normalized spacial score (nSPS) is 11.1. The van der Waals surface area contributed by atoms with Crippen molar-refractivity contribution in [2.45, 2.75) is 20.8 Å². The maximum Gasteiger partial charge on any atom is 0.248 e. The van der Waals surface area contributed by atoms with Crippen LogP contribution in [0.3, 0.4) is 0 Å². The van der Waals surface area contributed by atoms with Crippen molar-refractivity contribution in [1.29, 1.82) is 0 Å². The van der Waals surface area contributed by atoms with E-state index in [2.05, 4.69) is 10.3 Å². The quantitative estimate of drug-likeness (QED) is 0.532. The van der Waals surface area contributed by atoms with Crippen LogP contribution in [0.5, 0.6) is 0 Å². The van der Waals surface area contributed by atoms with Gasteiger partial charge in [0.05, 0.1) is 7.11 Å². The van der Waals surface area contributed by atoms with Gasteiger partial charge < -0.3 is 0 Å². The predicted molar refractivity (Wildman–Crippen MR) is 34.6 cm³/mol. The van der Waals surface area contributed by atoms with E-state index < -0.39 is 0 Å². The second-order valence-electron chi connectivity index (χ2n) is 2.89. The summed E-state index contributed by atoms with van der Waals surface area (Å²) in [6.07, 6.45) is 0. The first-order valence-electron chi connectivity index (χ1n) is 2.82. The van der Waals surface area contributed by atoms with Crippen LogP contribution in [0.1, 0.15) is 20.8 Å². The lowest BCUT2D eigenvalue weighted by molar-refractivity contribution is -0.139. The molecule has 0 unspecified atom stereocenters. The molecule has 0 atom stereocenters. The second kappa shape index (κ2) is 2.82. The highest BCUT2D eigenvalue weighted by Gasteiger charge is 2.20. The molecular formula is C6H13NO2. The minimum atomic E-state index is -0.365. The van der Waals surface area contributed by atoms with Gasteiger partial charge in [0.25, 0.3) is 0 Å². The van der Waals surface area contributed by atoms with Gasteiger partial charge in [0.2, 0.25) is 5.91 Å². The lowest BCUT2D eigenvalue weighted by Crippen LogP contribution is -2.33. The molecule has 0 aliphatic carbocycles. The first-order valence-corrected chi connectivity index (χ1v) is 2.82. The van der Waals surface area contributed by atoms with Gasteiger partial charge in [-0.2, -0.15) is 0 Å². The number of rotatable bonds is 1. The molecule has 0 aromatic heterocycles. The standard InChI is InChI=1S/C6H13NO2/c1-6(2,3)5(8)7-9-4/h1-4H3,(H,7,8). The van der Waals surface area contributed by atoms with E-state index >= 15 is 0 Å². The Hall–Kier alpha value is -0.570. The minimum Gasteiger partial charge on any atom is -0.277 e. The first-order chi connectivity index (χ1) is 3.98. The third kappa shape index (κ3) is 3.08. The number of hydroxylamine groups is 1. The van der Waals surface area contributed by atoms with Crippen molar-refractivity contribution in [3.63, 3.8) is 0 Å². The molecule has 0 saturated heterocycles. The monoisotopic (exact) mass is 131 g/mol. The van der Waals surface area contributed by atoms with E-state index in [0.717, 1.165) is 0 Å². The molecule has 54 valence electrons. The molecule has 0 saturated carbocycles. The van der Waals surface area contributed by atoms with Crippen LogP contribution in [0.25, 0.3) is 0 Å². The van der Waals surface area contributed by atoms with Crippen LogP contribution in [0.15, 0.2) is 0 Å². The summed E-state index contributed by atoms with van der Waals surface area (Å²) in [6, 6.07) is 0. The number of carbonyl (C=O) groups excluding carboxylic acids is 1. The Morgan fingerprint density at radius 3 is 2.00 bits per heavy atom. The Balaban J connectivity index is 3.74. The summed E-state index contributed by atoms with van der Waals surface area (Å²) in [7, 11) is 1.42. The summed E-state index contributed by atoms with van der Waals surface area (Å²) in [6.45, 7) is 5.46. The van der Waals surface area contributed by atoms with Crippen molar-refractivity contribution in [3.05, 3.63) is 0 Å². The van der Waals surface area contributed by atoms with E-state index in [-0.39, 0.29) is 11.3 Å². The third-order valence-corrected chi connectivity index (χ3v) is 0.876. The van der Waals surface area contributed by atoms with Crippen LogP contribution in [-0.4, -0.2) is 13.0 Å². The Morgan fingerprint density at radius 2 is 1.89 bits per heavy atom. The first kappa shape index (κ1) is 8.43. The molecule has 1 N–H and O–H groups in total. The van der Waals surface area contributed by atoms with Gasteiger partial charge in [-0.25, -0.2) is 5.48 Å². The zero-order valence-electron chi connectivity index (χ0n) is 6.32. The summed E-state index contributed by atoms with van der Waals surface area (Å²) in [4.78, 5) is 15.3. The van der Waals surface area contributed by atoms with Gasteiger partial charge in [0.1, 0.15) is 0 Å². The highest BCUT2D eigenvalue weighted by atomic mass is 16.6. The molecule has 1 amide bonds. The molecule has 0 bridgehead atoms. The van der Waals surface area contributed by atoms with Crippen LogP contribution < -0.4 is 5.48 Å². The van der Waals surface area contributed by atoms with Crippen LogP contribution in [-0.2, 0) is 9.63 Å². The minimum absolute atomic E-state index is 0.106. The Kier molecular flexibility index (Phi) is 2.65. The number of amides is 1. The van der Waals surface area contributed by atoms with Gasteiger partial charge in [0.15, 0.2) is 0 Å². The van der Waals surface area contributed by atoms with E-state index in [1.165, 1.54) is 7.11 Å². The van der Waals surface area contributed by atoms with E-state index in [9.17, 15) is 4.79 Å². The average Bonchev–Trinajstić information content (AvgIpc) is 1.64. The van der Waals surface area contributed by atoms with Crippen LogP contribution >= 0.6 is 0 Å². The molecule has 0 fully saturated rings. The second-order valence-corrected chi connectivity index (χ2v) is 2.89. The smallest absolute Gasteiger partial charge is 0.248 e. The Labute approximate surface area is 55.3 Å². The lowest BCUT2D eigenvalue weighted by atomic mass is 9.96. The average molecular weight is 131 g/mol. The summed E-state index contributed by atoms with van der Waals surface area (Å²) in [5, 5.41) is 0. The van der Waals surface area contributed by atoms with Crippen LogP contribution in [0.4, 0.5) is 0 Å². The molecule has 0 radical (unpaired) electrons. The van der Waals surface area contributed by atoms with Gasteiger partial charge >= 0.3 is 0 Å². The summed E-state index contributed by atoms with van der Waals surface area (Å²) >= 11 is 0. The molecular weight excluding hydrogens is 118 g/mol. The van der Waals surface area contributed by atoms with Crippen molar-refractivity contribution in [2.24, 2.45) is 5.41 Å². The maximum atomic E-state index is 10.8. The van der Waals surface area contributed by atoms with Crippen molar-refractivity contribution < 1.29 is 9.63 Å². The number of nitrogens with one attached hydrogen (secondary N) is 1. The van der Waals surface area contributed by atoms with Gasteiger partial charge in [-0.3, -0.25) is 9.63 Å². The van der Waals surface area contributed by atoms with Crippen molar-refractivity contribution in [2.75, 3.05) is 7.11 Å². The van der Waals surface area contributed by atoms with Gasteiger partial charge in [0, 0.05) is 5.41 Å². The lowest BCUT2D eigenvalue weighted by Gasteiger charge is -2.15. The molecule has 0 aliphatic rings. The fourth-order valence-electron chi connectivity index (χ4n) is 0.246. The highest BCUT2D eigenvalue weighted by molar-refractivity contribution is 5.80. The van der Waals surface area contributed by atoms with Crippen molar-refractivity contribution in [3.8, 4) is 0 Å². The fourth-order valence-corrected chi connectivity index (χ4v) is 0.246. The van der Waals surface area contributed by atoms with Crippen LogP contribution in [0, 0.1) is 5.41 Å². The fraction of sp³-hybridized carbons (Fsp3) is 0.833. The molecule has 9 heavy (non-hydrogen) atoms. The summed E-state index contributed by atoms with van der Waals surface area (Å²) in [5.41, 5.74) is 1.88. The molecule has 0 spiro atoms. The third-order valence-electron chi connectivity index (χ3n) is 0.876. The maximum absolute atomic E-state index is 10.8. The predicted octanol–water partition coefficient (Wildman–Crippen LogP) is 0.710. The SMILES string of the molecule is CONC(=O)C(C)(C)C. The zero-order chi connectivity index (χ0) is 7.49. The Morgan fingerprint density at radius 1 is 1.44 bits per heavy atom. The summed E-state index contributed by atoms with van der Waals surface area (Å²) in [5.74, 6) is -0.106. The molecule has 0 aromatic carbocycles. The molecule has 3 heteroatoms. The van der Waals surface area contributed by atoms with Gasteiger partial charge in [-0.15, -0.1) is 0 Å². The van der Waals surface area contributed by atoms with E-state index in [0.29, 0.717) is 0 Å². The largest absolute Gasteiger partial charge is 0.277 e. The highest BCUT2D eigenvalue weighted by Crippen LogP contribution is 2.11. The molecule has 0 aromatic rings. The molecule has 0 heterocycles. The number of hydrogen-bond donors (Lipinski definition) is 1. The van der Waals surface area contributed by atoms with E-state index in [1.807, 2.05) is 20.8 Å². The van der Waals surface area contributed by atoms with Gasteiger partial charge in [-0.1, -0.05) is 20.8 Å². The van der Waals surface area contributed by atoms with Crippen molar-refractivity contribution in [1.82, 2.24) is 5.48 Å². The Bertz CT molecular complexity index is 104. The molecule has 0 rings (SSSR count). The van der Waals surface area contributed by atoms with Gasteiger partial charge in [-0.05, 0) is 0 Å². The zero-order valence-corrected chi connectivity index (χ0v) is 6.32. The van der Waals surface area contributed by atoms with Crippen LogP contribution in [0.2, 0.25) is 0 Å².